The van der Waals surface area contributed by atoms with E-state index in [0.29, 0.717) is 19.5 Å². The Morgan fingerprint density at radius 3 is 2.53 bits per heavy atom. The van der Waals surface area contributed by atoms with Gasteiger partial charge in [-0.25, -0.2) is 4.99 Å². The molecule has 0 spiro atoms. The SMILES string of the molecule is CCNC(=NCc1cccc(CN2CCCC2=O)c1)NCC(CC)(CC)CCO.I. The van der Waals surface area contributed by atoms with Crippen molar-refractivity contribution < 1.29 is 9.90 Å². The minimum atomic E-state index is 0. The van der Waals surface area contributed by atoms with Gasteiger partial charge in [0.1, 0.15) is 0 Å². The molecule has 0 saturated carbocycles. The van der Waals surface area contributed by atoms with Crippen molar-refractivity contribution in [3.8, 4) is 0 Å². The minimum Gasteiger partial charge on any atom is -0.396 e. The molecule has 7 heteroatoms. The maximum Gasteiger partial charge on any atom is 0.222 e. The van der Waals surface area contributed by atoms with E-state index in [1.54, 1.807) is 0 Å². The summed E-state index contributed by atoms with van der Waals surface area (Å²) in [6.07, 6.45) is 4.48. The quantitative estimate of drug-likeness (QED) is 0.232. The largest absolute Gasteiger partial charge is 0.396 e. The molecule has 1 heterocycles. The first-order valence-electron chi connectivity index (χ1n) is 11.0. The number of aliphatic hydroxyl groups excluding tert-OH is 1. The van der Waals surface area contributed by atoms with Crippen molar-refractivity contribution in [2.75, 3.05) is 26.2 Å². The third kappa shape index (κ3) is 8.06. The second-order valence-electron chi connectivity index (χ2n) is 7.97. The van der Waals surface area contributed by atoms with Crippen LogP contribution in [0, 0.1) is 5.41 Å². The number of benzene rings is 1. The Morgan fingerprint density at radius 2 is 1.93 bits per heavy atom. The van der Waals surface area contributed by atoms with Gasteiger partial charge < -0.3 is 20.6 Å². The lowest BCUT2D eigenvalue weighted by Gasteiger charge is -2.32. The van der Waals surface area contributed by atoms with Crippen molar-refractivity contribution in [3.63, 3.8) is 0 Å². The standard InChI is InChI=1S/C23H38N4O2.HI/c1-4-23(5-2,12-14-28)18-26-22(24-6-3)25-16-19-9-7-10-20(15-19)17-27-13-8-11-21(27)29;/h7,9-10,15,28H,4-6,8,11-14,16-18H2,1-3H3,(H2,24,25,26);1H. The lowest BCUT2D eigenvalue weighted by atomic mass is 9.79. The summed E-state index contributed by atoms with van der Waals surface area (Å²) in [4.78, 5) is 18.6. The summed E-state index contributed by atoms with van der Waals surface area (Å²) < 4.78 is 0. The van der Waals surface area contributed by atoms with Crippen LogP contribution in [0.1, 0.15) is 64.0 Å². The predicted octanol–water partition coefficient (Wildman–Crippen LogP) is 3.67. The zero-order valence-electron chi connectivity index (χ0n) is 18.7. The van der Waals surface area contributed by atoms with E-state index < -0.39 is 0 Å². The number of nitrogens with one attached hydrogen (secondary N) is 2. The highest BCUT2D eigenvalue weighted by atomic mass is 127. The summed E-state index contributed by atoms with van der Waals surface area (Å²) in [6.45, 7) is 10.4. The van der Waals surface area contributed by atoms with Crippen LogP contribution in [0.4, 0.5) is 0 Å². The van der Waals surface area contributed by atoms with Crippen LogP contribution in [0.15, 0.2) is 29.3 Å². The van der Waals surface area contributed by atoms with Crippen molar-refractivity contribution in [3.05, 3.63) is 35.4 Å². The molecule has 1 saturated heterocycles. The second-order valence-corrected chi connectivity index (χ2v) is 7.97. The molecule has 3 N–H and O–H groups in total. The topological polar surface area (TPSA) is 77.0 Å². The number of carbonyl (C=O) groups excluding carboxylic acids is 1. The molecule has 1 aromatic carbocycles. The maximum absolute atomic E-state index is 11.9. The Morgan fingerprint density at radius 1 is 1.20 bits per heavy atom. The molecule has 1 aromatic rings. The Balaban J connectivity index is 0.00000450. The number of aliphatic imine (C=N–C) groups is 1. The third-order valence-corrected chi connectivity index (χ3v) is 6.07. The fraction of sp³-hybridized carbons (Fsp3) is 0.652. The number of hydrogen-bond donors (Lipinski definition) is 3. The number of carbonyl (C=O) groups is 1. The average molecular weight is 530 g/mol. The summed E-state index contributed by atoms with van der Waals surface area (Å²) in [5.41, 5.74) is 2.39. The van der Waals surface area contributed by atoms with E-state index in [1.165, 1.54) is 0 Å². The maximum atomic E-state index is 11.9. The first kappa shape index (κ1) is 26.7. The van der Waals surface area contributed by atoms with Crippen LogP contribution in [0.25, 0.3) is 0 Å². The van der Waals surface area contributed by atoms with Gasteiger partial charge in [0, 0.05) is 39.2 Å². The van der Waals surface area contributed by atoms with Crippen LogP contribution in [-0.4, -0.2) is 48.1 Å². The average Bonchev–Trinajstić information content (AvgIpc) is 3.14. The molecule has 0 aromatic heterocycles. The summed E-state index contributed by atoms with van der Waals surface area (Å²) >= 11 is 0. The third-order valence-electron chi connectivity index (χ3n) is 6.07. The molecular formula is C23H39IN4O2. The van der Waals surface area contributed by atoms with Crippen molar-refractivity contribution in [1.82, 2.24) is 15.5 Å². The Kier molecular flexibility index (Phi) is 12.3. The van der Waals surface area contributed by atoms with Gasteiger partial charge in [-0.1, -0.05) is 38.1 Å². The number of halogens is 1. The minimum absolute atomic E-state index is 0. The zero-order chi connectivity index (χ0) is 21.1. The lowest BCUT2D eigenvalue weighted by Crippen LogP contribution is -2.43. The van der Waals surface area contributed by atoms with Gasteiger partial charge in [0.25, 0.3) is 0 Å². The molecule has 1 fully saturated rings. The second kappa shape index (κ2) is 13.9. The van der Waals surface area contributed by atoms with Crippen LogP contribution in [0.2, 0.25) is 0 Å². The number of aliphatic hydroxyl groups is 1. The van der Waals surface area contributed by atoms with Crippen LogP contribution in [0.5, 0.6) is 0 Å². The molecule has 170 valence electrons. The van der Waals surface area contributed by atoms with E-state index >= 15 is 0 Å². The molecule has 1 amide bonds. The highest BCUT2D eigenvalue weighted by Gasteiger charge is 2.25. The first-order valence-corrected chi connectivity index (χ1v) is 11.0. The summed E-state index contributed by atoms with van der Waals surface area (Å²) in [5.74, 6) is 1.06. The van der Waals surface area contributed by atoms with Gasteiger partial charge in [-0.3, -0.25) is 4.79 Å². The number of rotatable bonds is 11. The predicted molar refractivity (Wildman–Crippen MR) is 134 cm³/mol. The fourth-order valence-corrected chi connectivity index (χ4v) is 3.88. The first-order chi connectivity index (χ1) is 14.1. The van der Waals surface area contributed by atoms with Gasteiger partial charge >= 0.3 is 0 Å². The number of likely N-dealkylation sites (tertiary alicyclic amines) is 1. The number of nitrogens with zero attached hydrogens (tertiary/aromatic N) is 2. The van der Waals surface area contributed by atoms with Crippen molar-refractivity contribution >= 4 is 35.8 Å². The van der Waals surface area contributed by atoms with E-state index in [2.05, 4.69) is 49.6 Å². The van der Waals surface area contributed by atoms with Crippen molar-refractivity contribution in [1.29, 1.82) is 0 Å². The van der Waals surface area contributed by atoms with Gasteiger partial charge in [0.05, 0.1) is 6.54 Å². The van der Waals surface area contributed by atoms with E-state index in [1.807, 2.05) is 11.0 Å². The monoisotopic (exact) mass is 530 g/mol. The van der Waals surface area contributed by atoms with Crippen molar-refractivity contribution in [2.45, 2.75) is 66.0 Å². The lowest BCUT2D eigenvalue weighted by molar-refractivity contribution is -0.128. The molecule has 6 nitrogen and oxygen atoms in total. The molecule has 0 bridgehead atoms. The molecule has 0 atom stereocenters. The van der Waals surface area contributed by atoms with E-state index in [-0.39, 0.29) is 41.9 Å². The van der Waals surface area contributed by atoms with Crippen LogP contribution in [-0.2, 0) is 17.9 Å². The van der Waals surface area contributed by atoms with Crippen molar-refractivity contribution in [2.24, 2.45) is 10.4 Å². The smallest absolute Gasteiger partial charge is 0.222 e. The zero-order valence-corrected chi connectivity index (χ0v) is 21.1. The van der Waals surface area contributed by atoms with Gasteiger partial charge in [-0.2, -0.15) is 0 Å². The molecule has 0 aliphatic carbocycles. The van der Waals surface area contributed by atoms with Crippen LogP contribution in [0.3, 0.4) is 0 Å². The van der Waals surface area contributed by atoms with Crippen LogP contribution >= 0.6 is 24.0 Å². The van der Waals surface area contributed by atoms with Gasteiger partial charge in [-0.05, 0) is 49.1 Å². The highest BCUT2D eigenvalue weighted by Crippen LogP contribution is 2.29. The molecule has 1 aliphatic rings. The summed E-state index contributed by atoms with van der Waals surface area (Å²) in [5, 5.41) is 16.2. The van der Waals surface area contributed by atoms with Gasteiger partial charge in [-0.15, -0.1) is 24.0 Å². The Bertz CT molecular complexity index is 677. The van der Waals surface area contributed by atoms with E-state index in [9.17, 15) is 9.90 Å². The highest BCUT2D eigenvalue weighted by molar-refractivity contribution is 14.0. The summed E-state index contributed by atoms with van der Waals surface area (Å²) in [7, 11) is 0. The number of hydrogen-bond acceptors (Lipinski definition) is 3. The molecule has 0 radical (unpaired) electrons. The van der Waals surface area contributed by atoms with Crippen LogP contribution < -0.4 is 10.6 Å². The number of guanidine groups is 1. The molecule has 0 unspecified atom stereocenters. The molecular weight excluding hydrogens is 491 g/mol. The number of amides is 1. The van der Waals surface area contributed by atoms with Gasteiger partial charge in [0.15, 0.2) is 5.96 Å². The van der Waals surface area contributed by atoms with Gasteiger partial charge in [0.2, 0.25) is 5.91 Å². The van der Waals surface area contributed by atoms with E-state index in [0.717, 1.165) is 62.4 Å². The van der Waals surface area contributed by atoms with E-state index in [4.69, 9.17) is 4.99 Å². The summed E-state index contributed by atoms with van der Waals surface area (Å²) in [6, 6.07) is 8.35. The Labute approximate surface area is 198 Å². The molecule has 30 heavy (non-hydrogen) atoms. The fourth-order valence-electron chi connectivity index (χ4n) is 3.88. The molecule has 2 rings (SSSR count). The Hall–Kier alpha value is -1.35. The molecule has 1 aliphatic heterocycles. The normalized spacial score (nSPS) is 14.6.